The van der Waals surface area contributed by atoms with E-state index in [-0.39, 0.29) is 5.75 Å². The summed E-state index contributed by atoms with van der Waals surface area (Å²) in [5.41, 5.74) is 1.15. The Morgan fingerprint density at radius 3 is 2.91 bits per heavy atom. The van der Waals surface area contributed by atoms with Gasteiger partial charge >= 0.3 is 6.61 Å². The molecule has 0 bridgehead atoms. The summed E-state index contributed by atoms with van der Waals surface area (Å²) in [4.78, 5) is 2.33. The Morgan fingerprint density at radius 1 is 1.36 bits per heavy atom. The number of ether oxygens (including phenoxy) is 2. The Kier molecular flexibility index (Phi) is 4.49. The smallest absolute Gasteiger partial charge is 0.387 e. The minimum Gasteiger partial charge on any atom is -0.497 e. The van der Waals surface area contributed by atoms with Crippen molar-refractivity contribution in [3.05, 3.63) is 23.8 Å². The first-order valence-corrected chi connectivity index (χ1v) is 7.65. The first kappa shape index (κ1) is 15.5. The molecule has 2 aliphatic rings. The molecule has 1 aromatic carbocycles. The number of nitrogens with zero attached hydrogens (tertiary/aromatic N) is 1. The molecule has 2 fully saturated rings. The van der Waals surface area contributed by atoms with Gasteiger partial charge in [0.2, 0.25) is 0 Å². The van der Waals surface area contributed by atoms with Crippen molar-refractivity contribution in [2.24, 2.45) is 5.41 Å². The van der Waals surface area contributed by atoms with Crippen molar-refractivity contribution in [2.45, 2.75) is 26.0 Å². The zero-order valence-corrected chi connectivity index (χ0v) is 12.8. The van der Waals surface area contributed by atoms with Gasteiger partial charge in [0, 0.05) is 31.3 Å². The highest BCUT2D eigenvalue weighted by Crippen LogP contribution is 2.37. The number of hydrogen-bond acceptors (Lipinski definition) is 4. The van der Waals surface area contributed by atoms with E-state index in [1.807, 2.05) is 6.07 Å². The predicted octanol–water partition coefficient (Wildman–Crippen LogP) is 2.48. The fraction of sp³-hybridized carbons (Fsp3) is 0.625. The maximum Gasteiger partial charge on any atom is 0.387 e. The standard InChI is InChI=1S/C16H22F2N2O2/c1-21-13-3-2-12(14(8-13)22-15(17)18)9-20-7-5-16(11-20)4-6-19-10-16/h2-3,8,15,19H,4-7,9-11H2,1H3. The van der Waals surface area contributed by atoms with E-state index in [0.717, 1.165) is 31.7 Å². The van der Waals surface area contributed by atoms with Crippen LogP contribution < -0.4 is 14.8 Å². The fourth-order valence-corrected chi connectivity index (χ4v) is 3.55. The van der Waals surface area contributed by atoms with Crippen LogP contribution in [0.1, 0.15) is 18.4 Å². The quantitative estimate of drug-likeness (QED) is 0.906. The van der Waals surface area contributed by atoms with E-state index in [1.165, 1.54) is 26.0 Å². The maximum atomic E-state index is 12.6. The SMILES string of the molecule is COc1ccc(CN2CCC3(CCNC3)C2)c(OC(F)F)c1. The van der Waals surface area contributed by atoms with Gasteiger partial charge in [0.25, 0.3) is 0 Å². The third-order valence-corrected chi connectivity index (χ3v) is 4.73. The summed E-state index contributed by atoms with van der Waals surface area (Å²) < 4.78 is 35.0. The van der Waals surface area contributed by atoms with Gasteiger partial charge in [-0.25, -0.2) is 0 Å². The molecule has 4 nitrogen and oxygen atoms in total. The van der Waals surface area contributed by atoms with Gasteiger partial charge in [-0.15, -0.1) is 0 Å². The van der Waals surface area contributed by atoms with Crippen molar-refractivity contribution in [1.82, 2.24) is 10.2 Å². The van der Waals surface area contributed by atoms with Crippen LogP contribution in [0.5, 0.6) is 11.5 Å². The highest BCUT2D eigenvalue weighted by molar-refractivity contribution is 5.40. The second-order valence-electron chi connectivity index (χ2n) is 6.24. The predicted molar refractivity (Wildman–Crippen MR) is 79.4 cm³/mol. The van der Waals surface area contributed by atoms with Crippen LogP contribution in [0.15, 0.2) is 18.2 Å². The number of nitrogens with one attached hydrogen (secondary N) is 1. The minimum absolute atomic E-state index is 0.208. The molecule has 3 rings (SSSR count). The highest BCUT2D eigenvalue weighted by atomic mass is 19.3. The largest absolute Gasteiger partial charge is 0.497 e. The van der Waals surface area contributed by atoms with Gasteiger partial charge in [-0.3, -0.25) is 4.90 Å². The van der Waals surface area contributed by atoms with Gasteiger partial charge in [-0.05, 0) is 37.4 Å². The maximum absolute atomic E-state index is 12.6. The third-order valence-electron chi connectivity index (χ3n) is 4.73. The van der Waals surface area contributed by atoms with Crippen LogP contribution in [0.2, 0.25) is 0 Å². The Morgan fingerprint density at radius 2 is 2.23 bits per heavy atom. The monoisotopic (exact) mass is 312 g/mol. The first-order valence-electron chi connectivity index (χ1n) is 7.65. The average Bonchev–Trinajstić information content (AvgIpc) is 3.11. The summed E-state index contributed by atoms with van der Waals surface area (Å²) in [7, 11) is 1.51. The Balaban J connectivity index is 1.71. The average molecular weight is 312 g/mol. The summed E-state index contributed by atoms with van der Waals surface area (Å²) in [6.07, 6.45) is 2.37. The number of hydrogen-bond donors (Lipinski definition) is 1. The molecule has 0 aliphatic carbocycles. The van der Waals surface area contributed by atoms with Gasteiger partial charge < -0.3 is 14.8 Å². The van der Waals surface area contributed by atoms with Crippen LogP contribution >= 0.6 is 0 Å². The lowest BCUT2D eigenvalue weighted by molar-refractivity contribution is -0.0508. The van der Waals surface area contributed by atoms with Crippen molar-refractivity contribution < 1.29 is 18.3 Å². The molecule has 2 saturated heterocycles. The van der Waals surface area contributed by atoms with E-state index in [0.29, 0.717) is 17.7 Å². The number of likely N-dealkylation sites (tertiary alicyclic amines) is 1. The van der Waals surface area contributed by atoms with E-state index in [1.54, 1.807) is 6.07 Å². The van der Waals surface area contributed by atoms with Crippen LogP contribution in [0.25, 0.3) is 0 Å². The Hall–Kier alpha value is -1.40. The normalized spacial score (nSPS) is 25.3. The van der Waals surface area contributed by atoms with Crippen LogP contribution in [-0.4, -0.2) is 44.8 Å². The topological polar surface area (TPSA) is 33.7 Å². The van der Waals surface area contributed by atoms with Gasteiger partial charge in [0.1, 0.15) is 11.5 Å². The van der Waals surface area contributed by atoms with Crippen LogP contribution in [-0.2, 0) is 6.54 Å². The molecule has 0 radical (unpaired) electrons. The molecule has 22 heavy (non-hydrogen) atoms. The van der Waals surface area contributed by atoms with Crippen LogP contribution in [0.4, 0.5) is 8.78 Å². The van der Waals surface area contributed by atoms with Crippen LogP contribution in [0.3, 0.4) is 0 Å². The number of halogens is 2. The number of benzene rings is 1. The molecule has 1 aromatic rings. The zero-order chi connectivity index (χ0) is 15.6. The summed E-state index contributed by atoms with van der Waals surface area (Å²) in [6.45, 7) is 1.97. The summed E-state index contributed by atoms with van der Waals surface area (Å²) in [5, 5.41) is 3.42. The number of methoxy groups -OCH3 is 1. The first-order chi connectivity index (χ1) is 10.6. The molecule has 6 heteroatoms. The second-order valence-corrected chi connectivity index (χ2v) is 6.24. The Bertz CT molecular complexity index is 519. The molecule has 1 spiro atoms. The third kappa shape index (κ3) is 3.33. The molecule has 1 unspecified atom stereocenters. The van der Waals surface area contributed by atoms with Crippen molar-refractivity contribution in [3.63, 3.8) is 0 Å². The minimum atomic E-state index is -2.82. The lowest BCUT2D eigenvalue weighted by Gasteiger charge is -2.23. The lowest BCUT2D eigenvalue weighted by atomic mass is 9.86. The van der Waals surface area contributed by atoms with E-state index >= 15 is 0 Å². The molecule has 2 heterocycles. The summed E-state index contributed by atoms with van der Waals surface area (Å²) in [5.74, 6) is 0.733. The molecule has 122 valence electrons. The van der Waals surface area contributed by atoms with E-state index < -0.39 is 6.61 Å². The molecule has 0 amide bonds. The van der Waals surface area contributed by atoms with E-state index in [4.69, 9.17) is 4.74 Å². The van der Waals surface area contributed by atoms with Gasteiger partial charge in [0.05, 0.1) is 7.11 Å². The molecule has 0 saturated carbocycles. The number of alkyl halides is 2. The summed E-state index contributed by atoms with van der Waals surface area (Å²) >= 11 is 0. The number of rotatable bonds is 5. The highest BCUT2D eigenvalue weighted by Gasteiger charge is 2.40. The van der Waals surface area contributed by atoms with E-state index in [2.05, 4.69) is 15.0 Å². The summed E-state index contributed by atoms with van der Waals surface area (Å²) in [6, 6.07) is 5.13. The molecule has 1 atom stereocenters. The van der Waals surface area contributed by atoms with Crippen molar-refractivity contribution in [2.75, 3.05) is 33.3 Å². The van der Waals surface area contributed by atoms with Crippen molar-refractivity contribution in [1.29, 1.82) is 0 Å². The fourth-order valence-electron chi connectivity index (χ4n) is 3.55. The van der Waals surface area contributed by atoms with Gasteiger partial charge in [-0.1, -0.05) is 6.07 Å². The second kappa shape index (κ2) is 6.38. The van der Waals surface area contributed by atoms with E-state index in [9.17, 15) is 8.78 Å². The molecule has 2 aliphatic heterocycles. The van der Waals surface area contributed by atoms with Crippen molar-refractivity contribution in [3.8, 4) is 11.5 Å². The van der Waals surface area contributed by atoms with Gasteiger partial charge in [0.15, 0.2) is 0 Å². The molecule has 0 aromatic heterocycles. The lowest BCUT2D eigenvalue weighted by Crippen LogP contribution is -2.29. The Labute approximate surface area is 129 Å². The van der Waals surface area contributed by atoms with Crippen molar-refractivity contribution >= 4 is 0 Å². The molecular formula is C16H22F2N2O2. The van der Waals surface area contributed by atoms with Gasteiger partial charge in [-0.2, -0.15) is 8.78 Å². The molecule has 1 N–H and O–H groups in total. The zero-order valence-electron chi connectivity index (χ0n) is 12.8. The van der Waals surface area contributed by atoms with Crippen LogP contribution in [0, 0.1) is 5.41 Å². The molecular weight excluding hydrogens is 290 g/mol.